The van der Waals surface area contributed by atoms with Crippen LogP contribution >= 0.6 is 22.9 Å². The minimum Gasteiger partial charge on any atom is -0.241 e. The van der Waals surface area contributed by atoms with Crippen LogP contribution in [0.3, 0.4) is 0 Å². The van der Waals surface area contributed by atoms with E-state index in [0.29, 0.717) is 0 Å². The summed E-state index contributed by atoms with van der Waals surface area (Å²) >= 11 is 7.75. The molecule has 2 nitrogen and oxygen atoms in total. The van der Waals surface area contributed by atoms with E-state index < -0.39 is 0 Å². The van der Waals surface area contributed by atoms with E-state index >= 15 is 0 Å². The first-order valence-corrected chi connectivity index (χ1v) is 6.47. The Morgan fingerprint density at radius 3 is 2.88 bits per heavy atom. The van der Waals surface area contributed by atoms with Crippen molar-refractivity contribution in [2.75, 3.05) is 0 Å². The van der Waals surface area contributed by atoms with Crippen LogP contribution < -0.4 is 0 Å². The summed E-state index contributed by atoms with van der Waals surface area (Å²) in [5, 5.41) is 2.04. The summed E-state index contributed by atoms with van der Waals surface area (Å²) in [7, 11) is 0. The number of hydrogen-bond acceptors (Lipinski definition) is 3. The summed E-state index contributed by atoms with van der Waals surface area (Å²) in [4.78, 5) is 10.1. The van der Waals surface area contributed by atoms with Crippen molar-refractivity contribution in [3.63, 3.8) is 0 Å². The third-order valence-electron chi connectivity index (χ3n) is 2.41. The molecule has 2 heterocycles. The van der Waals surface area contributed by atoms with Gasteiger partial charge in [0.25, 0.3) is 0 Å². The van der Waals surface area contributed by atoms with E-state index in [-0.39, 0.29) is 5.38 Å². The maximum atomic E-state index is 6.03. The van der Waals surface area contributed by atoms with Gasteiger partial charge in [0.2, 0.25) is 0 Å². The molecule has 0 spiro atoms. The van der Waals surface area contributed by atoms with Crippen LogP contribution in [0.2, 0.25) is 0 Å². The van der Waals surface area contributed by atoms with Gasteiger partial charge >= 0.3 is 0 Å². The van der Waals surface area contributed by atoms with Crippen LogP contribution in [-0.4, -0.2) is 9.97 Å². The molecule has 0 saturated heterocycles. The predicted molar refractivity (Wildman–Crippen MR) is 68.2 cm³/mol. The normalized spacial score (nSPS) is 12.7. The first-order chi connectivity index (χ1) is 7.66. The molecule has 0 fully saturated rings. The number of aromatic nitrogens is 2. The second-order valence-electron chi connectivity index (χ2n) is 3.70. The lowest BCUT2D eigenvalue weighted by molar-refractivity contribution is 0.900. The van der Waals surface area contributed by atoms with Gasteiger partial charge in [-0.25, -0.2) is 9.97 Å². The van der Waals surface area contributed by atoms with Crippen LogP contribution in [0.4, 0.5) is 0 Å². The highest BCUT2D eigenvalue weighted by Crippen LogP contribution is 2.21. The van der Waals surface area contributed by atoms with Gasteiger partial charge in [-0.2, -0.15) is 0 Å². The van der Waals surface area contributed by atoms with E-state index in [4.69, 9.17) is 11.6 Å². The smallest absolute Gasteiger partial charge is 0.133 e. The molecule has 0 aliphatic rings. The van der Waals surface area contributed by atoms with Crippen molar-refractivity contribution in [1.82, 2.24) is 9.97 Å². The van der Waals surface area contributed by atoms with E-state index in [1.54, 1.807) is 11.3 Å². The van der Waals surface area contributed by atoms with Gasteiger partial charge < -0.3 is 0 Å². The van der Waals surface area contributed by atoms with E-state index in [1.165, 1.54) is 4.88 Å². The number of aryl methyl sites for hydroxylation is 1. The van der Waals surface area contributed by atoms with Crippen LogP contribution in [0.25, 0.3) is 0 Å². The largest absolute Gasteiger partial charge is 0.241 e. The minimum absolute atomic E-state index is 0.0317. The van der Waals surface area contributed by atoms with Gasteiger partial charge in [-0.15, -0.1) is 22.9 Å². The Kier molecular flexibility index (Phi) is 3.56. The average molecular weight is 253 g/mol. The Morgan fingerprint density at radius 1 is 1.50 bits per heavy atom. The second-order valence-corrected chi connectivity index (χ2v) is 5.39. The van der Waals surface area contributed by atoms with Crippen molar-refractivity contribution in [3.8, 4) is 0 Å². The van der Waals surface area contributed by atoms with Gasteiger partial charge in [-0.1, -0.05) is 6.07 Å². The predicted octanol–water partition coefficient (Wildman–Crippen LogP) is 3.74. The third-order valence-corrected chi connectivity index (χ3v) is 3.52. The first kappa shape index (κ1) is 11.6. The number of thiophene rings is 1. The zero-order valence-electron chi connectivity index (χ0n) is 9.27. The van der Waals surface area contributed by atoms with Crippen LogP contribution in [0, 0.1) is 6.92 Å². The van der Waals surface area contributed by atoms with Crippen molar-refractivity contribution in [2.45, 2.75) is 25.6 Å². The van der Waals surface area contributed by atoms with Crippen LogP contribution in [0.5, 0.6) is 0 Å². The number of nitrogens with zero attached hydrogens (tertiary/aromatic N) is 2. The van der Waals surface area contributed by atoms with Crippen molar-refractivity contribution in [2.24, 2.45) is 0 Å². The van der Waals surface area contributed by atoms with Crippen LogP contribution in [0.1, 0.15) is 34.3 Å². The molecule has 0 saturated carbocycles. The van der Waals surface area contributed by atoms with Crippen LogP contribution in [-0.2, 0) is 6.42 Å². The summed E-state index contributed by atoms with van der Waals surface area (Å²) in [6.45, 7) is 3.92. The summed E-state index contributed by atoms with van der Waals surface area (Å²) in [6.07, 6.45) is 2.64. The molecule has 0 N–H and O–H groups in total. The highest BCUT2D eigenvalue weighted by molar-refractivity contribution is 7.09. The van der Waals surface area contributed by atoms with Crippen molar-refractivity contribution in [3.05, 3.63) is 45.7 Å². The van der Waals surface area contributed by atoms with E-state index in [2.05, 4.69) is 21.4 Å². The van der Waals surface area contributed by atoms with Gasteiger partial charge in [0.05, 0.1) is 5.38 Å². The second kappa shape index (κ2) is 4.93. The standard InChI is InChI=1S/C12H13ClN2S/c1-8(13)11-7-14-12(15-9(11)2)6-10-4-3-5-16-10/h3-5,7-8H,6H2,1-2H3. The Hall–Kier alpha value is -0.930. The fourth-order valence-corrected chi connectivity index (χ4v) is 2.48. The first-order valence-electron chi connectivity index (χ1n) is 5.15. The lowest BCUT2D eigenvalue weighted by atomic mass is 10.2. The molecular weight excluding hydrogens is 240 g/mol. The van der Waals surface area contributed by atoms with Crippen LogP contribution in [0.15, 0.2) is 23.7 Å². The van der Waals surface area contributed by atoms with Gasteiger partial charge in [-0.05, 0) is 25.3 Å². The molecule has 1 unspecified atom stereocenters. The average Bonchev–Trinajstić information content (AvgIpc) is 2.70. The number of alkyl halides is 1. The Labute approximate surface area is 104 Å². The molecule has 0 bridgehead atoms. The Balaban J connectivity index is 2.21. The number of hydrogen-bond donors (Lipinski definition) is 0. The molecule has 0 aliphatic heterocycles. The molecule has 4 heteroatoms. The lowest BCUT2D eigenvalue weighted by Gasteiger charge is -2.07. The van der Waals surface area contributed by atoms with Crippen molar-refractivity contribution < 1.29 is 0 Å². The number of halogens is 1. The maximum Gasteiger partial charge on any atom is 0.133 e. The summed E-state index contributed by atoms with van der Waals surface area (Å²) in [6, 6.07) is 4.14. The molecule has 2 rings (SSSR count). The highest BCUT2D eigenvalue weighted by atomic mass is 35.5. The van der Waals surface area contributed by atoms with Gasteiger partial charge in [0.15, 0.2) is 0 Å². The molecule has 84 valence electrons. The van der Waals surface area contributed by atoms with Crippen molar-refractivity contribution in [1.29, 1.82) is 0 Å². The maximum absolute atomic E-state index is 6.03. The fourth-order valence-electron chi connectivity index (χ4n) is 1.57. The quantitative estimate of drug-likeness (QED) is 0.778. The van der Waals surface area contributed by atoms with Gasteiger partial charge in [0.1, 0.15) is 5.82 Å². The number of rotatable bonds is 3. The molecule has 2 aromatic heterocycles. The molecular formula is C12H13ClN2S. The molecule has 1 atom stereocenters. The topological polar surface area (TPSA) is 25.8 Å². The molecule has 16 heavy (non-hydrogen) atoms. The molecule has 2 aromatic rings. The summed E-state index contributed by atoms with van der Waals surface area (Å²) < 4.78 is 0. The minimum atomic E-state index is -0.0317. The zero-order valence-corrected chi connectivity index (χ0v) is 10.8. The highest BCUT2D eigenvalue weighted by Gasteiger charge is 2.08. The lowest BCUT2D eigenvalue weighted by Crippen LogP contribution is -2.01. The van der Waals surface area contributed by atoms with Crippen molar-refractivity contribution >= 4 is 22.9 Å². The molecule has 0 radical (unpaired) electrons. The molecule has 0 aromatic carbocycles. The molecule has 0 amide bonds. The van der Waals surface area contributed by atoms with Gasteiger partial charge in [-0.3, -0.25) is 0 Å². The Morgan fingerprint density at radius 2 is 2.31 bits per heavy atom. The van der Waals surface area contributed by atoms with Gasteiger partial charge in [0, 0.05) is 28.8 Å². The SMILES string of the molecule is Cc1nc(Cc2cccs2)ncc1C(C)Cl. The van der Waals surface area contributed by atoms with E-state index in [1.807, 2.05) is 26.1 Å². The fraction of sp³-hybridized carbons (Fsp3) is 0.333. The summed E-state index contributed by atoms with van der Waals surface area (Å²) in [5.74, 6) is 0.862. The third kappa shape index (κ3) is 2.60. The monoisotopic (exact) mass is 252 g/mol. The molecule has 0 aliphatic carbocycles. The zero-order chi connectivity index (χ0) is 11.5. The summed E-state index contributed by atoms with van der Waals surface area (Å²) in [5.41, 5.74) is 1.99. The van der Waals surface area contributed by atoms with E-state index in [0.717, 1.165) is 23.5 Å². The Bertz CT molecular complexity index is 466. The van der Waals surface area contributed by atoms with E-state index in [9.17, 15) is 0 Å².